The molecule has 1 aromatic carbocycles. The van der Waals surface area contributed by atoms with E-state index in [2.05, 4.69) is 21.4 Å². The molecule has 0 saturated carbocycles. The van der Waals surface area contributed by atoms with Gasteiger partial charge >= 0.3 is 5.97 Å². The normalized spacial score (nSPS) is 11.8. The third-order valence-electron chi connectivity index (χ3n) is 3.20. The second kappa shape index (κ2) is 6.34. The van der Waals surface area contributed by atoms with Crippen LogP contribution in [-0.2, 0) is 0 Å². The van der Waals surface area contributed by atoms with Crippen LogP contribution in [0.25, 0.3) is 0 Å². The van der Waals surface area contributed by atoms with Crippen molar-refractivity contribution in [3.8, 4) is 0 Å². The summed E-state index contributed by atoms with van der Waals surface area (Å²) in [6.45, 7) is 5.88. The Hall–Kier alpha value is -2.76. The quantitative estimate of drug-likeness (QED) is 0.903. The number of benzene rings is 1. The Kier molecular flexibility index (Phi) is 4.50. The van der Waals surface area contributed by atoms with Gasteiger partial charge < -0.3 is 10.4 Å². The van der Waals surface area contributed by atoms with Gasteiger partial charge in [0.05, 0.1) is 18.4 Å². The zero-order valence-electron chi connectivity index (χ0n) is 12.6. The molecule has 0 aliphatic carbocycles. The fourth-order valence-corrected chi connectivity index (χ4v) is 2.17. The standard InChI is InChI=1S/C16H17N3O3/c1-9-4-10(2)6-12(5-9)11(3)19-15(20)13-7-18-14(8-17-13)16(21)22/h4-8,11H,1-3H3,(H,19,20)(H,21,22). The zero-order valence-corrected chi connectivity index (χ0v) is 12.6. The van der Waals surface area contributed by atoms with Gasteiger partial charge in [-0.2, -0.15) is 0 Å². The van der Waals surface area contributed by atoms with E-state index in [1.54, 1.807) is 0 Å². The fraction of sp³-hybridized carbons (Fsp3) is 0.250. The Labute approximate surface area is 128 Å². The third-order valence-corrected chi connectivity index (χ3v) is 3.20. The van der Waals surface area contributed by atoms with E-state index in [4.69, 9.17) is 5.11 Å². The molecule has 0 aliphatic rings. The van der Waals surface area contributed by atoms with Gasteiger partial charge in [-0.25, -0.2) is 14.8 Å². The summed E-state index contributed by atoms with van der Waals surface area (Å²) in [5, 5.41) is 11.6. The number of amides is 1. The molecule has 2 N–H and O–H groups in total. The van der Waals surface area contributed by atoms with Gasteiger partial charge in [0.2, 0.25) is 0 Å². The van der Waals surface area contributed by atoms with Crippen LogP contribution in [0.4, 0.5) is 0 Å². The van der Waals surface area contributed by atoms with E-state index in [0.717, 1.165) is 29.1 Å². The topological polar surface area (TPSA) is 92.2 Å². The molecule has 0 radical (unpaired) electrons. The monoisotopic (exact) mass is 299 g/mol. The van der Waals surface area contributed by atoms with Gasteiger partial charge in [-0.05, 0) is 26.3 Å². The van der Waals surface area contributed by atoms with Crippen molar-refractivity contribution >= 4 is 11.9 Å². The molecule has 6 heteroatoms. The van der Waals surface area contributed by atoms with Gasteiger partial charge in [0.15, 0.2) is 5.69 Å². The van der Waals surface area contributed by atoms with Crippen molar-refractivity contribution in [1.29, 1.82) is 0 Å². The minimum atomic E-state index is -1.18. The number of aromatic nitrogens is 2. The summed E-state index contributed by atoms with van der Waals surface area (Å²) in [6, 6.07) is 5.90. The number of hydrogen-bond acceptors (Lipinski definition) is 4. The van der Waals surface area contributed by atoms with Crippen LogP contribution in [0.5, 0.6) is 0 Å². The summed E-state index contributed by atoms with van der Waals surface area (Å²) < 4.78 is 0. The van der Waals surface area contributed by atoms with Crippen LogP contribution >= 0.6 is 0 Å². The van der Waals surface area contributed by atoms with E-state index < -0.39 is 11.9 Å². The number of rotatable bonds is 4. The number of nitrogens with one attached hydrogen (secondary N) is 1. The Morgan fingerprint density at radius 1 is 1.05 bits per heavy atom. The lowest BCUT2D eigenvalue weighted by molar-refractivity contribution is 0.0689. The zero-order chi connectivity index (χ0) is 16.3. The van der Waals surface area contributed by atoms with Crippen molar-refractivity contribution in [2.24, 2.45) is 0 Å². The van der Waals surface area contributed by atoms with Crippen molar-refractivity contribution in [2.45, 2.75) is 26.8 Å². The van der Waals surface area contributed by atoms with Crippen molar-refractivity contribution in [2.75, 3.05) is 0 Å². The summed E-state index contributed by atoms with van der Waals surface area (Å²) in [7, 11) is 0. The first kappa shape index (κ1) is 15.6. The molecule has 22 heavy (non-hydrogen) atoms. The first-order chi connectivity index (χ1) is 10.4. The molecule has 6 nitrogen and oxygen atoms in total. The van der Waals surface area contributed by atoms with Gasteiger partial charge in [-0.15, -0.1) is 0 Å². The lowest BCUT2D eigenvalue weighted by atomic mass is 10.0. The van der Waals surface area contributed by atoms with Crippen LogP contribution in [0.2, 0.25) is 0 Å². The first-order valence-electron chi connectivity index (χ1n) is 6.81. The Bertz CT molecular complexity index is 691. The third kappa shape index (κ3) is 3.66. The second-order valence-corrected chi connectivity index (χ2v) is 5.21. The number of aromatic carboxylic acids is 1. The van der Waals surface area contributed by atoms with Gasteiger partial charge in [0.1, 0.15) is 5.69 Å². The maximum Gasteiger partial charge on any atom is 0.356 e. The average molecular weight is 299 g/mol. The fourth-order valence-electron chi connectivity index (χ4n) is 2.17. The molecular weight excluding hydrogens is 282 g/mol. The van der Waals surface area contributed by atoms with Crippen LogP contribution in [0.15, 0.2) is 30.6 Å². The predicted molar refractivity (Wildman–Crippen MR) is 80.8 cm³/mol. The van der Waals surface area contributed by atoms with E-state index in [9.17, 15) is 9.59 Å². The highest BCUT2D eigenvalue weighted by molar-refractivity contribution is 5.93. The van der Waals surface area contributed by atoms with E-state index >= 15 is 0 Å². The second-order valence-electron chi connectivity index (χ2n) is 5.21. The van der Waals surface area contributed by atoms with Crippen molar-refractivity contribution < 1.29 is 14.7 Å². The highest BCUT2D eigenvalue weighted by Gasteiger charge is 2.14. The van der Waals surface area contributed by atoms with Gasteiger partial charge in [-0.1, -0.05) is 29.3 Å². The number of carbonyl (C=O) groups is 2. The highest BCUT2D eigenvalue weighted by Crippen LogP contribution is 2.17. The molecule has 1 amide bonds. The molecule has 1 atom stereocenters. The SMILES string of the molecule is Cc1cc(C)cc(C(C)NC(=O)c2cnc(C(=O)O)cn2)c1. The molecule has 0 spiro atoms. The minimum absolute atomic E-state index is 0.0845. The molecule has 0 fully saturated rings. The smallest absolute Gasteiger partial charge is 0.356 e. The maximum absolute atomic E-state index is 12.1. The first-order valence-corrected chi connectivity index (χ1v) is 6.81. The Morgan fingerprint density at radius 2 is 1.59 bits per heavy atom. The van der Waals surface area contributed by atoms with Crippen LogP contribution < -0.4 is 5.32 Å². The summed E-state index contributed by atoms with van der Waals surface area (Å²) in [4.78, 5) is 30.3. The molecular formula is C16H17N3O3. The summed E-state index contributed by atoms with van der Waals surface area (Å²) >= 11 is 0. The van der Waals surface area contributed by atoms with Gasteiger partial charge in [0.25, 0.3) is 5.91 Å². The predicted octanol–water partition coefficient (Wildman–Crippen LogP) is 2.28. The van der Waals surface area contributed by atoms with E-state index in [1.165, 1.54) is 0 Å². The number of carboxylic acid groups (broad SMARTS) is 1. The maximum atomic E-state index is 12.1. The Morgan fingerprint density at radius 3 is 2.09 bits per heavy atom. The number of nitrogens with zero attached hydrogens (tertiary/aromatic N) is 2. The summed E-state index contributed by atoms with van der Waals surface area (Å²) in [5.74, 6) is -1.57. The minimum Gasteiger partial charge on any atom is -0.476 e. The molecule has 2 rings (SSSR count). The summed E-state index contributed by atoms with van der Waals surface area (Å²) in [5.41, 5.74) is 3.14. The molecule has 0 aliphatic heterocycles. The number of hydrogen-bond donors (Lipinski definition) is 2. The average Bonchev–Trinajstić information content (AvgIpc) is 2.46. The summed E-state index contributed by atoms with van der Waals surface area (Å²) in [6.07, 6.45) is 2.23. The largest absolute Gasteiger partial charge is 0.476 e. The van der Waals surface area contributed by atoms with E-state index in [1.807, 2.05) is 32.9 Å². The molecule has 2 aromatic rings. The molecule has 0 saturated heterocycles. The molecule has 114 valence electrons. The van der Waals surface area contributed by atoms with Crippen molar-refractivity contribution in [3.05, 3.63) is 58.7 Å². The van der Waals surface area contributed by atoms with E-state index in [-0.39, 0.29) is 17.4 Å². The van der Waals surface area contributed by atoms with Crippen LogP contribution in [0, 0.1) is 13.8 Å². The highest BCUT2D eigenvalue weighted by atomic mass is 16.4. The van der Waals surface area contributed by atoms with Crippen molar-refractivity contribution in [3.63, 3.8) is 0 Å². The molecule has 1 heterocycles. The molecule has 1 aromatic heterocycles. The van der Waals surface area contributed by atoms with Crippen molar-refractivity contribution in [1.82, 2.24) is 15.3 Å². The van der Waals surface area contributed by atoms with Crippen LogP contribution in [0.1, 0.15) is 50.6 Å². The number of aryl methyl sites for hydroxylation is 2. The van der Waals surface area contributed by atoms with E-state index in [0.29, 0.717) is 0 Å². The van der Waals surface area contributed by atoms with Crippen LogP contribution in [0.3, 0.4) is 0 Å². The number of carboxylic acids is 1. The lowest BCUT2D eigenvalue weighted by Crippen LogP contribution is -2.27. The number of carbonyl (C=O) groups excluding carboxylic acids is 1. The van der Waals surface area contributed by atoms with Gasteiger partial charge in [-0.3, -0.25) is 4.79 Å². The molecule has 1 unspecified atom stereocenters. The van der Waals surface area contributed by atoms with Gasteiger partial charge in [0, 0.05) is 0 Å². The molecule has 0 bridgehead atoms. The Balaban J connectivity index is 2.12. The van der Waals surface area contributed by atoms with Crippen LogP contribution in [-0.4, -0.2) is 27.0 Å². The lowest BCUT2D eigenvalue weighted by Gasteiger charge is -2.15.